The van der Waals surface area contributed by atoms with E-state index in [0.717, 1.165) is 18.0 Å². The van der Waals surface area contributed by atoms with Crippen molar-refractivity contribution in [1.82, 2.24) is 0 Å². The Morgan fingerprint density at radius 1 is 1.30 bits per heavy atom. The van der Waals surface area contributed by atoms with E-state index in [9.17, 15) is 4.79 Å². The van der Waals surface area contributed by atoms with E-state index in [0.29, 0.717) is 12.5 Å². The summed E-state index contributed by atoms with van der Waals surface area (Å²) in [4.78, 5) is 11.4. The number of nitrogens with one attached hydrogen (secondary N) is 2. The van der Waals surface area contributed by atoms with Crippen molar-refractivity contribution < 1.29 is 4.79 Å². The molecule has 3 nitrogen and oxygen atoms in total. The zero-order valence-electron chi connectivity index (χ0n) is 12.2. The third kappa shape index (κ3) is 2.97. The van der Waals surface area contributed by atoms with E-state index in [1.54, 1.807) is 0 Å². The molecule has 108 valence electrons. The topological polar surface area (TPSA) is 41.1 Å². The predicted octanol–water partition coefficient (Wildman–Crippen LogP) is 3.95. The first-order valence-electron chi connectivity index (χ1n) is 7.94. The van der Waals surface area contributed by atoms with Crippen molar-refractivity contribution in [2.45, 2.75) is 57.9 Å². The minimum Gasteiger partial charge on any atom is -0.382 e. The number of anilines is 2. The van der Waals surface area contributed by atoms with Crippen LogP contribution in [0, 0.1) is 5.92 Å². The van der Waals surface area contributed by atoms with Crippen molar-refractivity contribution in [3.05, 3.63) is 23.8 Å². The summed E-state index contributed by atoms with van der Waals surface area (Å²) in [5, 5.41) is 6.63. The molecule has 1 aliphatic carbocycles. The third-order valence-electron chi connectivity index (χ3n) is 4.73. The second-order valence-corrected chi connectivity index (χ2v) is 6.20. The van der Waals surface area contributed by atoms with Gasteiger partial charge >= 0.3 is 0 Å². The maximum absolute atomic E-state index is 11.4. The first-order chi connectivity index (χ1) is 9.74. The van der Waals surface area contributed by atoms with Gasteiger partial charge in [0.1, 0.15) is 0 Å². The smallest absolute Gasteiger partial charge is 0.224 e. The molecule has 1 amide bonds. The molecule has 0 radical (unpaired) electrons. The van der Waals surface area contributed by atoms with Crippen molar-refractivity contribution in [3.8, 4) is 0 Å². The summed E-state index contributed by atoms with van der Waals surface area (Å²) in [6.45, 7) is 2.30. The maximum atomic E-state index is 11.4. The van der Waals surface area contributed by atoms with Crippen molar-refractivity contribution in [2.24, 2.45) is 5.92 Å². The van der Waals surface area contributed by atoms with Crippen LogP contribution in [0.2, 0.25) is 0 Å². The van der Waals surface area contributed by atoms with Crippen molar-refractivity contribution >= 4 is 17.3 Å². The number of hydrogen-bond acceptors (Lipinski definition) is 2. The molecule has 1 heterocycles. The van der Waals surface area contributed by atoms with E-state index in [2.05, 4.69) is 29.7 Å². The molecule has 1 fully saturated rings. The lowest BCUT2D eigenvalue weighted by atomic mass is 9.84. The highest BCUT2D eigenvalue weighted by atomic mass is 16.1. The summed E-state index contributed by atoms with van der Waals surface area (Å²) in [6.07, 6.45) is 8.09. The number of benzene rings is 1. The number of carbonyl (C=O) groups excluding carboxylic acids is 1. The average Bonchev–Trinajstić information content (AvgIpc) is 2.47. The molecule has 2 unspecified atom stereocenters. The molecule has 3 rings (SSSR count). The van der Waals surface area contributed by atoms with Crippen LogP contribution in [-0.2, 0) is 11.2 Å². The minimum absolute atomic E-state index is 0.135. The average molecular weight is 272 g/mol. The van der Waals surface area contributed by atoms with Gasteiger partial charge in [-0.05, 0) is 48.9 Å². The van der Waals surface area contributed by atoms with Crippen LogP contribution in [0.15, 0.2) is 18.2 Å². The van der Waals surface area contributed by atoms with E-state index >= 15 is 0 Å². The molecule has 0 saturated heterocycles. The van der Waals surface area contributed by atoms with Gasteiger partial charge in [-0.3, -0.25) is 4.79 Å². The molecule has 1 aromatic rings. The number of rotatable bonds is 3. The molecule has 2 N–H and O–H groups in total. The van der Waals surface area contributed by atoms with Gasteiger partial charge in [-0.25, -0.2) is 0 Å². The van der Waals surface area contributed by atoms with Crippen molar-refractivity contribution in [2.75, 3.05) is 10.6 Å². The largest absolute Gasteiger partial charge is 0.382 e. The Labute approximate surface area is 121 Å². The van der Waals surface area contributed by atoms with Crippen LogP contribution >= 0.6 is 0 Å². The van der Waals surface area contributed by atoms with Crippen LogP contribution in [0.4, 0.5) is 11.4 Å². The zero-order valence-corrected chi connectivity index (χ0v) is 12.2. The number of carbonyl (C=O) groups is 1. The van der Waals surface area contributed by atoms with Crippen LogP contribution in [0.25, 0.3) is 0 Å². The first kappa shape index (κ1) is 13.5. The van der Waals surface area contributed by atoms with E-state index in [4.69, 9.17) is 0 Å². The Morgan fingerprint density at radius 3 is 3.05 bits per heavy atom. The molecule has 2 aliphatic rings. The summed E-state index contributed by atoms with van der Waals surface area (Å²) >= 11 is 0. The molecule has 0 spiro atoms. The molecule has 0 aromatic heterocycles. The second kappa shape index (κ2) is 5.86. The van der Waals surface area contributed by atoms with Crippen LogP contribution in [0.3, 0.4) is 0 Å². The molecular formula is C17H24N2O. The highest BCUT2D eigenvalue weighted by Gasteiger charge is 2.21. The maximum Gasteiger partial charge on any atom is 0.224 e. The fourth-order valence-corrected chi connectivity index (χ4v) is 3.50. The fraction of sp³-hybridized carbons (Fsp3) is 0.588. The standard InChI is InChI=1S/C17H24N2O/c1-2-12-4-3-5-14(10-12)18-15-7-8-16-13(11-15)6-9-17(20)19-16/h7-8,11-12,14,18H,2-6,9-10H2,1H3,(H,19,20). The van der Waals surface area contributed by atoms with E-state index in [1.807, 2.05) is 6.07 Å². The minimum atomic E-state index is 0.135. The Morgan fingerprint density at radius 2 is 2.20 bits per heavy atom. The van der Waals surface area contributed by atoms with Gasteiger partial charge in [0.25, 0.3) is 0 Å². The summed E-state index contributed by atoms with van der Waals surface area (Å²) in [7, 11) is 0. The lowest BCUT2D eigenvalue weighted by molar-refractivity contribution is -0.116. The van der Waals surface area contributed by atoms with E-state index in [1.165, 1.54) is 43.4 Å². The number of aryl methyl sites for hydroxylation is 1. The zero-order chi connectivity index (χ0) is 13.9. The quantitative estimate of drug-likeness (QED) is 0.874. The van der Waals surface area contributed by atoms with Crippen LogP contribution in [0.1, 0.15) is 51.0 Å². The number of hydrogen-bond donors (Lipinski definition) is 2. The normalized spacial score (nSPS) is 25.8. The number of fused-ring (bicyclic) bond motifs is 1. The molecule has 1 aliphatic heterocycles. The van der Waals surface area contributed by atoms with Crippen molar-refractivity contribution in [3.63, 3.8) is 0 Å². The van der Waals surface area contributed by atoms with Gasteiger partial charge in [0.15, 0.2) is 0 Å². The lowest BCUT2D eigenvalue weighted by Gasteiger charge is -2.30. The van der Waals surface area contributed by atoms with Crippen LogP contribution in [0.5, 0.6) is 0 Å². The molecular weight excluding hydrogens is 248 g/mol. The first-order valence-corrected chi connectivity index (χ1v) is 7.94. The van der Waals surface area contributed by atoms with Gasteiger partial charge in [-0.2, -0.15) is 0 Å². The monoisotopic (exact) mass is 272 g/mol. The van der Waals surface area contributed by atoms with Gasteiger partial charge in [0, 0.05) is 23.8 Å². The molecule has 1 aromatic carbocycles. The number of amides is 1. The molecule has 20 heavy (non-hydrogen) atoms. The Hall–Kier alpha value is -1.51. The predicted molar refractivity (Wildman–Crippen MR) is 83.1 cm³/mol. The SMILES string of the molecule is CCC1CCCC(Nc2ccc3c(c2)CCC(=O)N3)C1. The van der Waals surface area contributed by atoms with Crippen molar-refractivity contribution in [1.29, 1.82) is 0 Å². The molecule has 3 heteroatoms. The van der Waals surface area contributed by atoms with Gasteiger partial charge < -0.3 is 10.6 Å². The molecule has 1 saturated carbocycles. The summed E-state index contributed by atoms with van der Waals surface area (Å²) in [6, 6.07) is 6.96. The Bertz CT molecular complexity index is 498. The fourth-order valence-electron chi connectivity index (χ4n) is 3.50. The summed E-state index contributed by atoms with van der Waals surface area (Å²) in [5.41, 5.74) is 3.46. The lowest BCUT2D eigenvalue weighted by Crippen LogP contribution is -2.27. The Kier molecular flexibility index (Phi) is 3.95. The van der Waals surface area contributed by atoms with Gasteiger partial charge in [0.05, 0.1) is 0 Å². The van der Waals surface area contributed by atoms with E-state index < -0.39 is 0 Å². The third-order valence-corrected chi connectivity index (χ3v) is 4.73. The van der Waals surface area contributed by atoms with Gasteiger partial charge in [0.2, 0.25) is 5.91 Å². The van der Waals surface area contributed by atoms with Crippen LogP contribution < -0.4 is 10.6 Å². The summed E-state index contributed by atoms with van der Waals surface area (Å²) in [5.74, 6) is 1.02. The Balaban J connectivity index is 1.67. The van der Waals surface area contributed by atoms with Crippen LogP contribution in [-0.4, -0.2) is 11.9 Å². The highest BCUT2D eigenvalue weighted by molar-refractivity contribution is 5.94. The van der Waals surface area contributed by atoms with Gasteiger partial charge in [-0.1, -0.05) is 26.2 Å². The molecule has 0 bridgehead atoms. The second-order valence-electron chi connectivity index (χ2n) is 6.20. The highest BCUT2D eigenvalue weighted by Crippen LogP contribution is 2.30. The van der Waals surface area contributed by atoms with Gasteiger partial charge in [-0.15, -0.1) is 0 Å². The van der Waals surface area contributed by atoms with E-state index in [-0.39, 0.29) is 5.91 Å². The molecule has 2 atom stereocenters. The summed E-state index contributed by atoms with van der Waals surface area (Å²) < 4.78 is 0.